The zero-order valence-corrected chi connectivity index (χ0v) is 11.9. The molecular weight excluding hydrogens is 308 g/mol. The molecule has 5 heteroatoms. The predicted molar refractivity (Wildman–Crippen MR) is 79.4 cm³/mol. The van der Waals surface area contributed by atoms with Crippen LogP contribution in [0.2, 0.25) is 0 Å². The van der Waals surface area contributed by atoms with E-state index in [1.54, 1.807) is 6.07 Å². The number of carbonyl (C=O) groups is 1. The van der Waals surface area contributed by atoms with E-state index in [0.29, 0.717) is 11.4 Å². The highest BCUT2D eigenvalue weighted by Gasteiger charge is 2.11. The van der Waals surface area contributed by atoms with Crippen LogP contribution < -0.4 is 11.1 Å². The van der Waals surface area contributed by atoms with Gasteiger partial charge in [0.05, 0.1) is 5.56 Å². The van der Waals surface area contributed by atoms with Crippen LogP contribution in [-0.4, -0.2) is 11.0 Å². The molecular formula is C14H13BrN2O2. The summed E-state index contributed by atoms with van der Waals surface area (Å²) in [5.74, 6) is -0.351. The molecule has 0 spiro atoms. The Bertz CT molecular complexity index is 621. The van der Waals surface area contributed by atoms with E-state index in [4.69, 9.17) is 5.73 Å². The summed E-state index contributed by atoms with van der Waals surface area (Å²) in [5, 5.41) is 12.1. The van der Waals surface area contributed by atoms with E-state index >= 15 is 0 Å². The van der Waals surface area contributed by atoms with Gasteiger partial charge in [-0.05, 0) is 48.9 Å². The molecule has 98 valence electrons. The molecule has 1 amide bonds. The van der Waals surface area contributed by atoms with E-state index in [1.807, 2.05) is 19.1 Å². The summed E-state index contributed by atoms with van der Waals surface area (Å²) in [6.45, 7) is 1.93. The summed E-state index contributed by atoms with van der Waals surface area (Å²) < 4.78 is 0.881. The third-order valence-corrected chi connectivity index (χ3v) is 3.04. The van der Waals surface area contributed by atoms with Crippen LogP contribution in [0.4, 0.5) is 11.4 Å². The third kappa shape index (κ3) is 3.26. The SMILES string of the molecule is Cc1cc(Br)cc(NC(=O)c2cc(O)ccc2N)c1. The fourth-order valence-electron chi connectivity index (χ4n) is 1.75. The van der Waals surface area contributed by atoms with Crippen molar-refractivity contribution in [2.45, 2.75) is 6.92 Å². The van der Waals surface area contributed by atoms with Crippen LogP contribution in [0.1, 0.15) is 15.9 Å². The van der Waals surface area contributed by atoms with Crippen molar-refractivity contribution in [3.63, 3.8) is 0 Å². The standard InChI is InChI=1S/C14H13BrN2O2/c1-8-4-9(15)6-10(5-8)17-14(19)12-7-11(18)2-3-13(12)16/h2-7,18H,16H2,1H3,(H,17,19). The number of carbonyl (C=O) groups excluding carboxylic acids is 1. The highest BCUT2D eigenvalue weighted by molar-refractivity contribution is 9.10. The molecule has 2 aromatic carbocycles. The number of aryl methyl sites for hydroxylation is 1. The van der Waals surface area contributed by atoms with Crippen LogP contribution in [0.15, 0.2) is 40.9 Å². The lowest BCUT2D eigenvalue weighted by Crippen LogP contribution is -2.14. The van der Waals surface area contributed by atoms with Crippen LogP contribution in [0, 0.1) is 6.92 Å². The van der Waals surface area contributed by atoms with Crippen molar-refractivity contribution in [2.24, 2.45) is 0 Å². The van der Waals surface area contributed by atoms with Crippen molar-refractivity contribution >= 4 is 33.2 Å². The second kappa shape index (κ2) is 5.32. The number of nitrogen functional groups attached to an aromatic ring is 1. The molecule has 0 bridgehead atoms. The number of anilines is 2. The number of rotatable bonds is 2. The van der Waals surface area contributed by atoms with Gasteiger partial charge in [0.25, 0.3) is 5.91 Å². The number of nitrogens with one attached hydrogen (secondary N) is 1. The second-order valence-corrected chi connectivity index (χ2v) is 5.16. The molecule has 4 nitrogen and oxygen atoms in total. The number of hydrogen-bond acceptors (Lipinski definition) is 3. The Labute approximate surface area is 119 Å². The largest absolute Gasteiger partial charge is 0.508 e. The first-order valence-corrected chi connectivity index (χ1v) is 6.42. The first kappa shape index (κ1) is 13.4. The molecule has 0 aliphatic heterocycles. The molecule has 0 heterocycles. The molecule has 0 saturated carbocycles. The Kier molecular flexibility index (Phi) is 3.76. The smallest absolute Gasteiger partial charge is 0.257 e. The van der Waals surface area contributed by atoms with Crippen molar-refractivity contribution in [1.82, 2.24) is 0 Å². The summed E-state index contributed by atoms with van der Waals surface area (Å²) in [5.41, 5.74) is 7.98. The molecule has 2 aromatic rings. The molecule has 4 N–H and O–H groups in total. The maximum atomic E-state index is 12.1. The summed E-state index contributed by atoms with van der Waals surface area (Å²) >= 11 is 3.37. The maximum Gasteiger partial charge on any atom is 0.257 e. The monoisotopic (exact) mass is 320 g/mol. The predicted octanol–water partition coefficient (Wildman–Crippen LogP) is 3.30. The van der Waals surface area contributed by atoms with E-state index in [1.165, 1.54) is 18.2 Å². The Morgan fingerprint density at radius 2 is 2.00 bits per heavy atom. The summed E-state index contributed by atoms with van der Waals surface area (Å²) in [6, 6.07) is 9.87. The average molecular weight is 321 g/mol. The van der Waals surface area contributed by atoms with E-state index in [2.05, 4.69) is 21.2 Å². The molecule has 19 heavy (non-hydrogen) atoms. The minimum Gasteiger partial charge on any atom is -0.508 e. The molecule has 0 saturated heterocycles. The number of benzene rings is 2. The minimum atomic E-state index is -0.356. The van der Waals surface area contributed by atoms with Gasteiger partial charge in [-0.1, -0.05) is 15.9 Å². The molecule has 0 unspecified atom stereocenters. The van der Waals surface area contributed by atoms with Crippen molar-refractivity contribution < 1.29 is 9.90 Å². The van der Waals surface area contributed by atoms with Gasteiger partial charge in [-0.25, -0.2) is 0 Å². The van der Waals surface area contributed by atoms with Crippen molar-refractivity contribution in [2.75, 3.05) is 11.1 Å². The molecule has 0 aliphatic rings. The van der Waals surface area contributed by atoms with Crippen molar-refractivity contribution in [3.05, 3.63) is 52.0 Å². The average Bonchev–Trinajstić information content (AvgIpc) is 2.30. The fraction of sp³-hybridized carbons (Fsp3) is 0.0714. The summed E-state index contributed by atoms with van der Waals surface area (Å²) in [7, 11) is 0. The zero-order chi connectivity index (χ0) is 14.0. The number of nitrogens with two attached hydrogens (primary N) is 1. The summed E-state index contributed by atoms with van der Waals surface area (Å²) in [4.78, 5) is 12.1. The fourth-order valence-corrected chi connectivity index (χ4v) is 2.36. The van der Waals surface area contributed by atoms with Crippen LogP contribution >= 0.6 is 15.9 Å². The lowest BCUT2D eigenvalue weighted by atomic mass is 10.1. The molecule has 0 aromatic heterocycles. The van der Waals surface area contributed by atoms with E-state index in [0.717, 1.165) is 10.0 Å². The van der Waals surface area contributed by atoms with Crippen LogP contribution in [0.5, 0.6) is 5.75 Å². The van der Waals surface area contributed by atoms with Gasteiger partial charge in [0.2, 0.25) is 0 Å². The topological polar surface area (TPSA) is 75.3 Å². The quantitative estimate of drug-likeness (QED) is 0.587. The number of phenols is 1. The zero-order valence-electron chi connectivity index (χ0n) is 10.3. The number of halogens is 1. The molecule has 2 rings (SSSR count). The van der Waals surface area contributed by atoms with Gasteiger partial charge in [-0.3, -0.25) is 4.79 Å². The number of hydrogen-bond donors (Lipinski definition) is 3. The lowest BCUT2D eigenvalue weighted by molar-refractivity contribution is 0.102. The van der Waals surface area contributed by atoms with Crippen LogP contribution in [0.25, 0.3) is 0 Å². The second-order valence-electron chi connectivity index (χ2n) is 4.24. The molecule has 0 atom stereocenters. The van der Waals surface area contributed by atoms with Gasteiger partial charge in [-0.2, -0.15) is 0 Å². The van der Waals surface area contributed by atoms with Crippen LogP contribution in [0.3, 0.4) is 0 Å². The van der Waals surface area contributed by atoms with Gasteiger partial charge in [0, 0.05) is 15.8 Å². The minimum absolute atomic E-state index is 0.00442. The van der Waals surface area contributed by atoms with E-state index in [-0.39, 0.29) is 17.2 Å². The molecule has 0 fully saturated rings. The van der Waals surface area contributed by atoms with Crippen LogP contribution in [-0.2, 0) is 0 Å². The van der Waals surface area contributed by atoms with Gasteiger partial charge in [-0.15, -0.1) is 0 Å². The first-order chi connectivity index (χ1) is 8.95. The Morgan fingerprint density at radius 3 is 2.68 bits per heavy atom. The summed E-state index contributed by atoms with van der Waals surface area (Å²) in [6.07, 6.45) is 0. The van der Waals surface area contributed by atoms with Gasteiger partial charge < -0.3 is 16.2 Å². The van der Waals surface area contributed by atoms with Crippen molar-refractivity contribution in [1.29, 1.82) is 0 Å². The maximum absolute atomic E-state index is 12.1. The Hall–Kier alpha value is -2.01. The Balaban J connectivity index is 2.28. The highest BCUT2D eigenvalue weighted by atomic mass is 79.9. The third-order valence-electron chi connectivity index (χ3n) is 2.58. The van der Waals surface area contributed by atoms with Gasteiger partial charge >= 0.3 is 0 Å². The number of amides is 1. The lowest BCUT2D eigenvalue weighted by Gasteiger charge is -2.09. The normalized spacial score (nSPS) is 10.2. The number of aromatic hydroxyl groups is 1. The molecule has 0 aliphatic carbocycles. The highest BCUT2D eigenvalue weighted by Crippen LogP contribution is 2.22. The Morgan fingerprint density at radius 1 is 1.26 bits per heavy atom. The van der Waals surface area contributed by atoms with Gasteiger partial charge in [0.1, 0.15) is 5.75 Å². The molecule has 0 radical (unpaired) electrons. The van der Waals surface area contributed by atoms with Gasteiger partial charge in [0.15, 0.2) is 0 Å². The van der Waals surface area contributed by atoms with E-state index in [9.17, 15) is 9.90 Å². The van der Waals surface area contributed by atoms with E-state index < -0.39 is 0 Å². The van der Waals surface area contributed by atoms with Crippen molar-refractivity contribution in [3.8, 4) is 5.75 Å². The number of phenolic OH excluding ortho intramolecular Hbond substituents is 1. The first-order valence-electron chi connectivity index (χ1n) is 5.63.